The summed E-state index contributed by atoms with van der Waals surface area (Å²) in [5.74, 6) is -1.73. The van der Waals surface area contributed by atoms with Crippen LogP contribution in [0.4, 0.5) is 4.39 Å². The lowest BCUT2D eigenvalue weighted by atomic mass is 9.81. The van der Waals surface area contributed by atoms with Crippen molar-refractivity contribution in [3.63, 3.8) is 0 Å². The molecule has 0 amide bonds. The summed E-state index contributed by atoms with van der Waals surface area (Å²) in [5, 5.41) is 17.7. The van der Waals surface area contributed by atoms with E-state index < -0.39 is 17.2 Å². The van der Waals surface area contributed by atoms with E-state index in [-0.39, 0.29) is 12.2 Å². The largest absolute Gasteiger partial charge is 0.508 e. The van der Waals surface area contributed by atoms with Gasteiger partial charge in [-0.05, 0) is 11.6 Å². The summed E-state index contributed by atoms with van der Waals surface area (Å²) < 4.78 is 13.4. The Morgan fingerprint density at radius 1 is 1.47 bits per heavy atom. The van der Waals surface area contributed by atoms with E-state index in [9.17, 15) is 9.18 Å². The Bertz CT molecular complexity index is 385. The van der Waals surface area contributed by atoms with Crippen molar-refractivity contribution in [1.29, 1.82) is 0 Å². The average Bonchev–Trinajstić information content (AvgIpc) is 1.99. The van der Waals surface area contributed by atoms with Gasteiger partial charge in [0.25, 0.3) is 0 Å². The maximum Gasteiger partial charge on any atom is 0.304 e. The van der Waals surface area contributed by atoms with Crippen molar-refractivity contribution in [2.24, 2.45) is 0 Å². The lowest BCUT2D eigenvalue weighted by Gasteiger charge is -2.23. The van der Waals surface area contributed by atoms with Crippen molar-refractivity contribution >= 4 is 5.97 Å². The van der Waals surface area contributed by atoms with Crippen LogP contribution in [-0.4, -0.2) is 16.2 Å². The molecule has 0 radical (unpaired) electrons. The van der Waals surface area contributed by atoms with Crippen LogP contribution in [0.2, 0.25) is 0 Å². The van der Waals surface area contributed by atoms with Gasteiger partial charge in [0.05, 0.1) is 6.42 Å². The van der Waals surface area contributed by atoms with Crippen LogP contribution in [0.5, 0.6) is 5.75 Å². The van der Waals surface area contributed by atoms with E-state index in [0.717, 1.165) is 6.07 Å². The molecule has 0 fully saturated rings. The van der Waals surface area contributed by atoms with Gasteiger partial charge in [-0.25, -0.2) is 4.39 Å². The summed E-state index contributed by atoms with van der Waals surface area (Å²) in [7, 11) is 0. The fourth-order valence-electron chi connectivity index (χ4n) is 1.53. The Morgan fingerprint density at radius 3 is 2.53 bits per heavy atom. The van der Waals surface area contributed by atoms with E-state index in [0.29, 0.717) is 5.56 Å². The Balaban J connectivity index is 3.09. The molecule has 0 aliphatic heterocycles. The predicted octanol–water partition coefficient (Wildman–Crippen LogP) is 2.28. The van der Waals surface area contributed by atoms with Crippen molar-refractivity contribution in [3.8, 4) is 5.75 Å². The molecule has 0 saturated heterocycles. The van der Waals surface area contributed by atoms with Crippen LogP contribution < -0.4 is 0 Å². The van der Waals surface area contributed by atoms with Crippen molar-refractivity contribution in [3.05, 3.63) is 29.6 Å². The molecule has 0 saturated carbocycles. The highest BCUT2D eigenvalue weighted by Gasteiger charge is 2.27. The van der Waals surface area contributed by atoms with Gasteiger partial charge < -0.3 is 10.2 Å². The molecule has 0 aliphatic rings. The lowest BCUT2D eigenvalue weighted by molar-refractivity contribution is -0.138. The zero-order chi connectivity index (χ0) is 11.6. The minimum atomic E-state index is -0.979. The van der Waals surface area contributed by atoms with E-state index in [4.69, 9.17) is 10.2 Å². The minimum Gasteiger partial charge on any atom is -0.508 e. The van der Waals surface area contributed by atoms with Gasteiger partial charge in [-0.2, -0.15) is 0 Å². The first kappa shape index (κ1) is 11.5. The molecule has 0 atom stereocenters. The highest BCUT2D eigenvalue weighted by molar-refractivity contribution is 5.69. The third kappa shape index (κ3) is 2.68. The molecule has 2 N–H and O–H groups in total. The second-order valence-electron chi connectivity index (χ2n) is 4.12. The number of phenolic OH excluding ortho intramolecular Hbond substituents is 1. The Morgan fingerprint density at radius 2 is 2.07 bits per heavy atom. The summed E-state index contributed by atoms with van der Waals surface area (Å²) in [5.41, 5.74) is -0.494. The van der Waals surface area contributed by atoms with Gasteiger partial charge in [0.1, 0.15) is 11.6 Å². The smallest absolute Gasteiger partial charge is 0.304 e. The van der Waals surface area contributed by atoms with Gasteiger partial charge in [0, 0.05) is 11.5 Å². The second-order valence-corrected chi connectivity index (χ2v) is 4.12. The zero-order valence-corrected chi connectivity index (χ0v) is 8.62. The summed E-state index contributed by atoms with van der Waals surface area (Å²) in [4.78, 5) is 10.6. The molecule has 3 nitrogen and oxygen atoms in total. The zero-order valence-electron chi connectivity index (χ0n) is 8.62. The van der Waals surface area contributed by atoms with Crippen LogP contribution in [0, 0.1) is 5.82 Å². The summed E-state index contributed by atoms with van der Waals surface area (Å²) >= 11 is 0. The normalized spacial score (nSPS) is 11.4. The number of aliphatic carboxylic acids is 1. The molecule has 0 heterocycles. The van der Waals surface area contributed by atoms with Crippen LogP contribution in [0.1, 0.15) is 25.8 Å². The third-order valence-electron chi connectivity index (χ3n) is 2.27. The molecule has 0 aliphatic carbocycles. The standard InChI is InChI=1S/C11H13FO3/c1-11(2,6-10(14)15)8-4-3-7(13)5-9(8)12/h3-5,13H,6H2,1-2H3,(H,14,15). The van der Waals surface area contributed by atoms with Gasteiger partial charge in [0.15, 0.2) is 0 Å². The number of benzene rings is 1. The van der Waals surface area contributed by atoms with Gasteiger partial charge in [-0.15, -0.1) is 0 Å². The van der Waals surface area contributed by atoms with E-state index in [1.165, 1.54) is 12.1 Å². The number of carboxylic acid groups (broad SMARTS) is 1. The summed E-state index contributed by atoms with van der Waals surface area (Å²) in [6.07, 6.45) is -0.158. The Kier molecular flexibility index (Phi) is 2.98. The van der Waals surface area contributed by atoms with Crippen LogP contribution in [0.15, 0.2) is 18.2 Å². The SMILES string of the molecule is CC(C)(CC(=O)O)c1ccc(O)cc1F. The van der Waals surface area contributed by atoms with E-state index in [1.54, 1.807) is 13.8 Å². The van der Waals surface area contributed by atoms with Crippen LogP contribution in [-0.2, 0) is 10.2 Å². The quantitative estimate of drug-likeness (QED) is 0.808. The predicted molar refractivity (Wildman–Crippen MR) is 53.3 cm³/mol. The van der Waals surface area contributed by atoms with Crippen molar-refractivity contribution in [2.75, 3.05) is 0 Å². The molecule has 0 unspecified atom stereocenters. The molecule has 1 aromatic carbocycles. The maximum absolute atomic E-state index is 13.4. The van der Waals surface area contributed by atoms with E-state index in [1.807, 2.05) is 0 Å². The molecule has 1 rings (SSSR count). The first-order valence-corrected chi connectivity index (χ1v) is 4.54. The number of hydrogen-bond acceptors (Lipinski definition) is 2. The van der Waals surface area contributed by atoms with Gasteiger partial charge in [0.2, 0.25) is 0 Å². The Labute approximate surface area is 87.2 Å². The molecular weight excluding hydrogens is 199 g/mol. The number of carboxylic acids is 1. The molecule has 0 aromatic heterocycles. The van der Waals surface area contributed by atoms with E-state index >= 15 is 0 Å². The summed E-state index contributed by atoms with van der Waals surface area (Å²) in [6.45, 7) is 3.30. The van der Waals surface area contributed by atoms with Gasteiger partial charge in [-0.3, -0.25) is 4.79 Å². The van der Waals surface area contributed by atoms with Crippen LogP contribution in [0.3, 0.4) is 0 Å². The highest BCUT2D eigenvalue weighted by Crippen LogP contribution is 2.30. The lowest BCUT2D eigenvalue weighted by Crippen LogP contribution is -2.22. The number of carbonyl (C=O) groups is 1. The topological polar surface area (TPSA) is 57.5 Å². The molecule has 1 aromatic rings. The van der Waals surface area contributed by atoms with Crippen LogP contribution in [0.25, 0.3) is 0 Å². The molecule has 15 heavy (non-hydrogen) atoms. The molecular formula is C11H13FO3. The molecule has 82 valence electrons. The average molecular weight is 212 g/mol. The minimum absolute atomic E-state index is 0.158. The number of phenols is 1. The maximum atomic E-state index is 13.4. The summed E-state index contributed by atoms with van der Waals surface area (Å²) in [6, 6.07) is 3.74. The number of rotatable bonds is 3. The van der Waals surface area contributed by atoms with Crippen LogP contribution >= 0.6 is 0 Å². The highest BCUT2D eigenvalue weighted by atomic mass is 19.1. The fraction of sp³-hybridized carbons (Fsp3) is 0.364. The fourth-order valence-corrected chi connectivity index (χ4v) is 1.53. The number of aromatic hydroxyl groups is 1. The van der Waals surface area contributed by atoms with Crippen molar-refractivity contribution in [2.45, 2.75) is 25.7 Å². The van der Waals surface area contributed by atoms with E-state index in [2.05, 4.69) is 0 Å². The monoisotopic (exact) mass is 212 g/mol. The van der Waals surface area contributed by atoms with Crippen molar-refractivity contribution < 1.29 is 19.4 Å². The molecule has 4 heteroatoms. The van der Waals surface area contributed by atoms with Gasteiger partial charge >= 0.3 is 5.97 Å². The Hall–Kier alpha value is -1.58. The number of hydrogen-bond donors (Lipinski definition) is 2. The van der Waals surface area contributed by atoms with Gasteiger partial charge in [-0.1, -0.05) is 19.9 Å². The first-order valence-electron chi connectivity index (χ1n) is 4.54. The molecule has 0 spiro atoms. The first-order chi connectivity index (χ1) is 6.83. The van der Waals surface area contributed by atoms with Crippen molar-refractivity contribution in [1.82, 2.24) is 0 Å². The number of halogens is 1. The second kappa shape index (κ2) is 3.88. The third-order valence-corrected chi connectivity index (χ3v) is 2.27. The molecule has 0 bridgehead atoms.